The van der Waals surface area contributed by atoms with Crippen molar-refractivity contribution in [3.8, 4) is 5.75 Å². The van der Waals surface area contributed by atoms with Crippen LogP contribution >= 0.6 is 24.0 Å². The Hall–Kier alpha value is -0.970. The lowest BCUT2D eigenvalue weighted by atomic mass is 10.3. The van der Waals surface area contributed by atoms with Crippen LogP contribution in [0.3, 0.4) is 0 Å². The molecule has 0 bridgehead atoms. The Bertz CT molecular complexity index is 386. The summed E-state index contributed by atoms with van der Waals surface area (Å²) in [7, 11) is 1.81. The van der Waals surface area contributed by atoms with Crippen LogP contribution in [0.2, 0.25) is 5.02 Å². The summed E-state index contributed by atoms with van der Waals surface area (Å²) in [5, 5.41) is 6.18. The first-order chi connectivity index (χ1) is 8.17. The van der Waals surface area contributed by atoms with Crippen LogP contribution in [-0.2, 0) is 4.79 Å². The summed E-state index contributed by atoms with van der Waals surface area (Å²) in [4.78, 5) is 11.5. The number of nitrogens with one attached hydrogen (secondary N) is 2. The summed E-state index contributed by atoms with van der Waals surface area (Å²) in [6, 6.07) is 5.21. The van der Waals surface area contributed by atoms with E-state index in [0.717, 1.165) is 0 Å². The molecule has 1 aromatic carbocycles. The van der Waals surface area contributed by atoms with Gasteiger partial charge in [-0.15, -0.1) is 12.4 Å². The second-order valence-corrected chi connectivity index (χ2v) is 3.89. The summed E-state index contributed by atoms with van der Waals surface area (Å²) in [6.07, 6.45) is 0.432. The van der Waals surface area contributed by atoms with Gasteiger partial charge in [0, 0.05) is 18.7 Å². The summed E-state index contributed by atoms with van der Waals surface area (Å²) in [6.45, 7) is 3.11. The zero-order chi connectivity index (χ0) is 12.7. The van der Waals surface area contributed by atoms with E-state index in [2.05, 4.69) is 10.6 Å². The Morgan fingerprint density at radius 2 is 2.17 bits per heavy atom. The quantitative estimate of drug-likeness (QED) is 0.848. The third kappa shape index (κ3) is 5.58. The van der Waals surface area contributed by atoms with Crippen LogP contribution in [-0.4, -0.2) is 26.1 Å². The van der Waals surface area contributed by atoms with Gasteiger partial charge in [0.2, 0.25) is 5.91 Å². The molecule has 102 valence electrons. The molecular formula is C12H18Cl2N2O2. The Kier molecular flexibility index (Phi) is 8.54. The molecule has 2 N–H and O–H groups in total. The first-order valence-electron chi connectivity index (χ1n) is 5.54. The van der Waals surface area contributed by atoms with Crippen LogP contribution < -0.4 is 15.4 Å². The highest BCUT2D eigenvalue weighted by Crippen LogP contribution is 2.27. The fraction of sp³-hybridized carbons (Fsp3) is 0.417. The number of hydrogen-bond donors (Lipinski definition) is 2. The number of hydrogen-bond acceptors (Lipinski definition) is 3. The van der Waals surface area contributed by atoms with Gasteiger partial charge in [0.15, 0.2) is 0 Å². The highest BCUT2D eigenvalue weighted by Gasteiger charge is 2.05. The van der Waals surface area contributed by atoms with Gasteiger partial charge in [0.05, 0.1) is 11.6 Å². The van der Waals surface area contributed by atoms with E-state index in [4.69, 9.17) is 16.3 Å². The molecule has 1 aromatic rings. The molecule has 1 rings (SSSR count). The minimum Gasteiger partial charge on any atom is -0.492 e. The molecule has 0 saturated carbocycles. The van der Waals surface area contributed by atoms with Crippen LogP contribution in [0.1, 0.15) is 13.3 Å². The molecule has 0 radical (unpaired) electrons. The lowest BCUT2D eigenvalue weighted by Gasteiger charge is -2.09. The van der Waals surface area contributed by atoms with E-state index in [9.17, 15) is 4.79 Å². The normalized spacial score (nSPS) is 9.50. The summed E-state index contributed by atoms with van der Waals surface area (Å²) in [5.41, 5.74) is 0.680. The van der Waals surface area contributed by atoms with Crippen molar-refractivity contribution in [2.24, 2.45) is 0 Å². The fourth-order valence-corrected chi connectivity index (χ4v) is 1.55. The molecule has 0 spiro atoms. The van der Waals surface area contributed by atoms with Crippen LogP contribution in [0.15, 0.2) is 18.2 Å². The predicted molar refractivity (Wildman–Crippen MR) is 77.0 cm³/mol. The van der Waals surface area contributed by atoms with E-state index in [0.29, 0.717) is 36.0 Å². The number of halogens is 2. The minimum absolute atomic E-state index is 0. The largest absolute Gasteiger partial charge is 0.492 e. The molecule has 18 heavy (non-hydrogen) atoms. The zero-order valence-corrected chi connectivity index (χ0v) is 12.0. The van der Waals surface area contributed by atoms with Crippen molar-refractivity contribution in [2.45, 2.75) is 13.3 Å². The Labute approximate surface area is 118 Å². The van der Waals surface area contributed by atoms with Crippen molar-refractivity contribution < 1.29 is 9.53 Å². The second-order valence-electron chi connectivity index (χ2n) is 3.48. The molecule has 0 saturated heterocycles. The zero-order valence-electron chi connectivity index (χ0n) is 10.5. The van der Waals surface area contributed by atoms with E-state index >= 15 is 0 Å². The van der Waals surface area contributed by atoms with Gasteiger partial charge in [0.25, 0.3) is 0 Å². The van der Waals surface area contributed by atoms with Gasteiger partial charge >= 0.3 is 0 Å². The van der Waals surface area contributed by atoms with E-state index in [1.807, 2.05) is 6.92 Å². The van der Waals surface area contributed by atoms with Crippen molar-refractivity contribution in [3.05, 3.63) is 23.2 Å². The lowest BCUT2D eigenvalue weighted by Crippen LogP contribution is -2.18. The number of ether oxygens (including phenoxy) is 1. The molecule has 0 aromatic heterocycles. The van der Waals surface area contributed by atoms with Gasteiger partial charge in [-0.1, -0.05) is 11.6 Å². The highest BCUT2D eigenvalue weighted by atomic mass is 35.5. The van der Waals surface area contributed by atoms with Crippen molar-refractivity contribution in [1.82, 2.24) is 5.32 Å². The monoisotopic (exact) mass is 292 g/mol. The maximum absolute atomic E-state index is 11.5. The van der Waals surface area contributed by atoms with E-state index in [1.165, 1.54) is 0 Å². The molecule has 0 atom stereocenters. The number of amides is 1. The molecule has 4 nitrogen and oxygen atoms in total. The van der Waals surface area contributed by atoms with Gasteiger partial charge in [-0.2, -0.15) is 0 Å². The molecule has 0 heterocycles. The molecule has 0 unspecified atom stereocenters. The summed E-state index contributed by atoms with van der Waals surface area (Å²) < 4.78 is 5.31. The third-order valence-electron chi connectivity index (χ3n) is 2.12. The van der Waals surface area contributed by atoms with E-state index in [1.54, 1.807) is 25.2 Å². The van der Waals surface area contributed by atoms with Gasteiger partial charge in [0.1, 0.15) is 5.75 Å². The van der Waals surface area contributed by atoms with Crippen molar-refractivity contribution in [3.63, 3.8) is 0 Å². The maximum Gasteiger partial charge on any atom is 0.225 e. The molecule has 1 amide bonds. The fourth-order valence-electron chi connectivity index (χ4n) is 1.31. The van der Waals surface area contributed by atoms with Gasteiger partial charge in [-0.3, -0.25) is 4.79 Å². The number of anilines is 1. The molecule has 0 fully saturated rings. The Morgan fingerprint density at radius 1 is 1.44 bits per heavy atom. The Balaban J connectivity index is 0.00000289. The first-order valence-corrected chi connectivity index (χ1v) is 5.92. The third-order valence-corrected chi connectivity index (χ3v) is 2.41. The average molecular weight is 293 g/mol. The van der Waals surface area contributed by atoms with Gasteiger partial charge in [-0.05, 0) is 32.2 Å². The van der Waals surface area contributed by atoms with Crippen molar-refractivity contribution >= 4 is 35.6 Å². The summed E-state index contributed by atoms with van der Waals surface area (Å²) in [5.74, 6) is 0.585. The van der Waals surface area contributed by atoms with Crippen LogP contribution in [0, 0.1) is 0 Å². The minimum atomic E-state index is -0.0421. The standard InChI is InChI=1S/C12H17ClN2O2.ClH/c1-3-17-11-5-4-9(8-10(11)13)15-12(16)6-7-14-2;/h4-5,8,14H,3,6-7H2,1-2H3,(H,15,16);1H. The first kappa shape index (κ1) is 17.0. The topological polar surface area (TPSA) is 50.4 Å². The van der Waals surface area contributed by atoms with E-state index < -0.39 is 0 Å². The molecular weight excluding hydrogens is 275 g/mol. The van der Waals surface area contributed by atoms with E-state index in [-0.39, 0.29) is 18.3 Å². The summed E-state index contributed by atoms with van der Waals surface area (Å²) >= 11 is 6.01. The molecule has 0 aliphatic carbocycles. The molecule has 6 heteroatoms. The molecule has 0 aliphatic heterocycles. The van der Waals surface area contributed by atoms with Crippen LogP contribution in [0.4, 0.5) is 5.69 Å². The maximum atomic E-state index is 11.5. The molecule has 0 aliphatic rings. The van der Waals surface area contributed by atoms with Crippen LogP contribution in [0.25, 0.3) is 0 Å². The predicted octanol–water partition coefficient (Wildman–Crippen LogP) is 2.71. The average Bonchev–Trinajstić information content (AvgIpc) is 2.30. The number of rotatable bonds is 6. The van der Waals surface area contributed by atoms with Crippen LogP contribution in [0.5, 0.6) is 5.75 Å². The highest BCUT2D eigenvalue weighted by molar-refractivity contribution is 6.32. The number of benzene rings is 1. The Morgan fingerprint density at radius 3 is 2.72 bits per heavy atom. The van der Waals surface area contributed by atoms with Crippen molar-refractivity contribution in [2.75, 3.05) is 25.5 Å². The number of carbonyl (C=O) groups excluding carboxylic acids is 1. The SMILES string of the molecule is CCOc1ccc(NC(=O)CCNC)cc1Cl.Cl. The second kappa shape index (κ2) is 9.03. The van der Waals surface area contributed by atoms with Gasteiger partial charge < -0.3 is 15.4 Å². The number of carbonyl (C=O) groups is 1. The smallest absolute Gasteiger partial charge is 0.225 e. The lowest BCUT2D eigenvalue weighted by molar-refractivity contribution is -0.116. The van der Waals surface area contributed by atoms with Crippen molar-refractivity contribution in [1.29, 1.82) is 0 Å². The van der Waals surface area contributed by atoms with Gasteiger partial charge in [-0.25, -0.2) is 0 Å².